The van der Waals surface area contributed by atoms with Gasteiger partial charge in [-0.2, -0.15) is 5.26 Å². The average molecular weight is 369 g/mol. The van der Waals surface area contributed by atoms with Gasteiger partial charge in [0.05, 0.1) is 18.2 Å². The number of hydrogen-bond acceptors (Lipinski definition) is 3. The Bertz CT molecular complexity index is 646. The van der Waals surface area contributed by atoms with Crippen LogP contribution in [0.15, 0.2) is 30.3 Å². The van der Waals surface area contributed by atoms with Crippen LogP contribution in [-0.4, -0.2) is 28.6 Å². The van der Waals surface area contributed by atoms with Crippen LogP contribution in [0.25, 0.3) is 0 Å². The van der Waals surface area contributed by atoms with Crippen molar-refractivity contribution in [2.45, 2.75) is 56.2 Å². The molecule has 0 saturated heterocycles. The Hall–Kier alpha value is -1.47. The van der Waals surface area contributed by atoms with Crippen molar-refractivity contribution in [1.29, 1.82) is 5.26 Å². The fraction of sp³-hybridized carbons (Fsp3) is 0.636. The van der Waals surface area contributed by atoms with Gasteiger partial charge in [0.25, 0.3) is 0 Å². The second-order valence-electron chi connectivity index (χ2n) is 8.57. The molecule has 0 spiro atoms. The molecular formula is C22H28N2OS. The third-order valence-corrected chi connectivity index (χ3v) is 7.65. The summed E-state index contributed by atoms with van der Waals surface area (Å²) in [6.45, 7) is 0.618. The lowest BCUT2D eigenvalue weighted by molar-refractivity contribution is -0.147. The maximum absolute atomic E-state index is 13.2. The van der Waals surface area contributed by atoms with E-state index in [0.717, 1.165) is 23.5 Å². The number of thioether (sulfide) groups is 1. The fourth-order valence-electron chi connectivity index (χ4n) is 6.09. The van der Waals surface area contributed by atoms with Gasteiger partial charge in [-0.1, -0.05) is 30.3 Å². The third-order valence-electron chi connectivity index (χ3n) is 6.66. The van der Waals surface area contributed by atoms with Crippen LogP contribution >= 0.6 is 11.8 Å². The second kappa shape index (κ2) is 7.64. The van der Waals surface area contributed by atoms with Gasteiger partial charge in [-0.3, -0.25) is 4.79 Å². The lowest BCUT2D eigenvalue weighted by atomic mass is 9.52. The summed E-state index contributed by atoms with van der Waals surface area (Å²) in [7, 11) is 0. The molecular weight excluding hydrogens is 340 g/mol. The number of nitrogens with zero attached hydrogens (tertiary/aromatic N) is 2. The summed E-state index contributed by atoms with van der Waals surface area (Å²) >= 11 is 1.71. The van der Waals surface area contributed by atoms with E-state index in [9.17, 15) is 4.79 Å². The number of benzene rings is 1. The summed E-state index contributed by atoms with van der Waals surface area (Å²) in [6.07, 6.45) is 8.13. The number of hydrogen-bond donors (Lipinski definition) is 0. The molecule has 0 unspecified atom stereocenters. The van der Waals surface area contributed by atoms with E-state index in [1.807, 2.05) is 18.2 Å². The van der Waals surface area contributed by atoms with Crippen molar-refractivity contribution in [3.8, 4) is 6.07 Å². The van der Waals surface area contributed by atoms with Gasteiger partial charge in [0.2, 0.25) is 5.91 Å². The van der Waals surface area contributed by atoms with Crippen molar-refractivity contribution in [2.75, 3.05) is 12.3 Å². The highest BCUT2D eigenvalue weighted by atomic mass is 32.2. The summed E-state index contributed by atoms with van der Waals surface area (Å²) in [5, 5.41) is 9.11. The Labute approximate surface area is 161 Å². The standard InChI is InChI=1S/C22H28N2OS/c23-7-4-8-24(21(25)16-26-15-17-5-2-1-3-6-17)22-12-18-9-19(13-22)11-20(10-18)14-22/h1-3,5-6,18-20H,4,8-16H2. The van der Waals surface area contributed by atoms with Gasteiger partial charge < -0.3 is 4.90 Å². The predicted molar refractivity (Wildman–Crippen MR) is 105 cm³/mol. The van der Waals surface area contributed by atoms with Crippen LogP contribution in [0.1, 0.15) is 50.5 Å². The zero-order chi connectivity index (χ0) is 18.0. The first-order chi connectivity index (χ1) is 12.7. The molecule has 3 nitrogen and oxygen atoms in total. The molecule has 138 valence electrons. The molecule has 0 heterocycles. The van der Waals surface area contributed by atoms with Crippen molar-refractivity contribution < 1.29 is 4.79 Å². The van der Waals surface area contributed by atoms with Crippen LogP contribution in [0.2, 0.25) is 0 Å². The molecule has 0 atom stereocenters. The zero-order valence-electron chi connectivity index (χ0n) is 15.4. The minimum Gasteiger partial charge on any atom is -0.335 e. The minimum absolute atomic E-state index is 0.0655. The van der Waals surface area contributed by atoms with Gasteiger partial charge in [-0.05, 0) is 61.8 Å². The molecule has 1 amide bonds. The van der Waals surface area contributed by atoms with Crippen molar-refractivity contribution in [3.63, 3.8) is 0 Å². The van der Waals surface area contributed by atoms with E-state index in [2.05, 4.69) is 23.1 Å². The molecule has 0 aliphatic heterocycles. The summed E-state index contributed by atoms with van der Waals surface area (Å²) in [4.78, 5) is 15.3. The highest BCUT2D eigenvalue weighted by Crippen LogP contribution is 2.57. The van der Waals surface area contributed by atoms with Gasteiger partial charge in [-0.15, -0.1) is 11.8 Å². The third kappa shape index (κ3) is 3.64. The molecule has 4 aliphatic rings. The van der Waals surface area contributed by atoms with Crippen LogP contribution in [0.3, 0.4) is 0 Å². The second-order valence-corrected chi connectivity index (χ2v) is 9.56. The van der Waals surface area contributed by atoms with Crippen molar-refractivity contribution in [1.82, 2.24) is 4.90 Å². The molecule has 4 heteroatoms. The molecule has 4 fully saturated rings. The molecule has 4 bridgehead atoms. The van der Waals surface area contributed by atoms with E-state index in [4.69, 9.17) is 5.26 Å². The number of carbonyl (C=O) groups is 1. The smallest absolute Gasteiger partial charge is 0.233 e. The molecule has 4 aliphatic carbocycles. The zero-order valence-corrected chi connectivity index (χ0v) is 16.2. The highest BCUT2D eigenvalue weighted by Gasteiger charge is 2.54. The van der Waals surface area contributed by atoms with Crippen LogP contribution in [0.5, 0.6) is 0 Å². The SMILES string of the molecule is N#CCCN(C(=O)CSCc1ccccc1)C12CC3CC(CC(C3)C1)C2. The summed E-state index contributed by atoms with van der Waals surface area (Å²) < 4.78 is 0. The predicted octanol–water partition coefficient (Wildman–Crippen LogP) is 4.63. The molecule has 5 rings (SSSR count). The minimum atomic E-state index is 0.0655. The van der Waals surface area contributed by atoms with E-state index in [1.165, 1.54) is 44.1 Å². The first-order valence-electron chi connectivity index (χ1n) is 9.97. The van der Waals surface area contributed by atoms with Gasteiger partial charge in [0.1, 0.15) is 0 Å². The van der Waals surface area contributed by atoms with E-state index in [1.54, 1.807) is 11.8 Å². The van der Waals surface area contributed by atoms with E-state index >= 15 is 0 Å². The van der Waals surface area contributed by atoms with Crippen LogP contribution in [0.4, 0.5) is 0 Å². The van der Waals surface area contributed by atoms with E-state index in [-0.39, 0.29) is 11.4 Å². The van der Waals surface area contributed by atoms with Crippen molar-refractivity contribution in [3.05, 3.63) is 35.9 Å². The lowest BCUT2D eigenvalue weighted by Crippen LogP contribution is -2.62. The fourth-order valence-corrected chi connectivity index (χ4v) is 6.95. The maximum atomic E-state index is 13.2. The van der Waals surface area contributed by atoms with Crippen LogP contribution < -0.4 is 0 Å². The van der Waals surface area contributed by atoms with Gasteiger partial charge in [-0.25, -0.2) is 0 Å². The monoisotopic (exact) mass is 368 g/mol. The summed E-state index contributed by atoms with van der Waals surface area (Å²) in [5.41, 5.74) is 1.33. The lowest BCUT2D eigenvalue weighted by Gasteiger charge is -2.60. The Morgan fingerprint density at radius 3 is 2.31 bits per heavy atom. The summed E-state index contributed by atoms with van der Waals surface area (Å²) in [6, 6.07) is 12.6. The Morgan fingerprint density at radius 2 is 1.73 bits per heavy atom. The summed E-state index contributed by atoms with van der Waals surface area (Å²) in [5.74, 6) is 4.10. The quantitative estimate of drug-likeness (QED) is 0.705. The Balaban J connectivity index is 1.43. The van der Waals surface area contributed by atoms with Crippen molar-refractivity contribution in [2.24, 2.45) is 17.8 Å². The first kappa shape index (κ1) is 17.9. The number of rotatable bonds is 7. The van der Waals surface area contributed by atoms with Gasteiger partial charge >= 0.3 is 0 Å². The highest BCUT2D eigenvalue weighted by molar-refractivity contribution is 7.99. The molecule has 4 saturated carbocycles. The number of carbonyl (C=O) groups excluding carboxylic acids is 1. The molecule has 0 N–H and O–H groups in total. The number of nitriles is 1. The van der Waals surface area contributed by atoms with Crippen LogP contribution in [-0.2, 0) is 10.5 Å². The topological polar surface area (TPSA) is 44.1 Å². The average Bonchev–Trinajstić information content (AvgIpc) is 2.61. The van der Waals surface area contributed by atoms with Crippen LogP contribution in [0, 0.1) is 29.1 Å². The number of amides is 1. The first-order valence-corrected chi connectivity index (χ1v) is 11.1. The normalized spacial score (nSPS) is 31.6. The largest absolute Gasteiger partial charge is 0.335 e. The molecule has 1 aromatic carbocycles. The molecule has 1 aromatic rings. The Kier molecular flexibility index (Phi) is 5.27. The molecule has 0 radical (unpaired) electrons. The van der Waals surface area contributed by atoms with Gasteiger partial charge in [0.15, 0.2) is 0 Å². The van der Waals surface area contributed by atoms with Gasteiger partial charge in [0, 0.05) is 17.8 Å². The molecule has 0 aromatic heterocycles. The maximum Gasteiger partial charge on any atom is 0.233 e. The molecule has 26 heavy (non-hydrogen) atoms. The van der Waals surface area contributed by atoms with Crippen molar-refractivity contribution >= 4 is 17.7 Å². The van der Waals surface area contributed by atoms with E-state index in [0.29, 0.717) is 18.7 Å². The van der Waals surface area contributed by atoms with E-state index < -0.39 is 0 Å². The Morgan fingerprint density at radius 1 is 1.12 bits per heavy atom.